The minimum Gasteiger partial charge on any atom is -0.369 e. The molecule has 1 aliphatic carbocycles. The Morgan fingerprint density at radius 1 is 1.39 bits per heavy atom. The molecule has 100 valence electrons. The molecule has 0 unspecified atom stereocenters. The number of hydrogen-bond donors (Lipinski definition) is 1. The van der Waals surface area contributed by atoms with Gasteiger partial charge in [-0.3, -0.25) is 4.98 Å². The highest BCUT2D eigenvalue weighted by atomic mass is 15.2. The molecule has 0 aromatic carbocycles. The quantitative estimate of drug-likeness (QED) is 0.805. The van der Waals surface area contributed by atoms with Crippen molar-refractivity contribution < 1.29 is 0 Å². The van der Waals surface area contributed by atoms with Crippen LogP contribution in [0.3, 0.4) is 0 Å². The fraction of sp³-hybridized carbons (Fsp3) is 0.714. The Bertz CT molecular complexity index is 374. The van der Waals surface area contributed by atoms with E-state index in [0.717, 1.165) is 30.6 Å². The maximum absolute atomic E-state index is 4.65. The first-order chi connectivity index (χ1) is 8.70. The first-order valence-corrected chi connectivity index (χ1v) is 7.03. The van der Waals surface area contributed by atoms with Crippen molar-refractivity contribution in [2.45, 2.75) is 46.1 Å². The van der Waals surface area contributed by atoms with E-state index in [1.165, 1.54) is 19.3 Å². The van der Waals surface area contributed by atoms with E-state index in [-0.39, 0.29) is 0 Å². The molecule has 0 saturated heterocycles. The van der Waals surface area contributed by atoms with Crippen LogP contribution in [-0.2, 0) is 0 Å². The highest BCUT2D eigenvalue weighted by Gasteiger charge is 2.30. The minimum absolute atomic E-state index is 0.690. The van der Waals surface area contributed by atoms with Crippen LogP contribution in [0.2, 0.25) is 0 Å². The fourth-order valence-corrected chi connectivity index (χ4v) is 2.03. The molecule has 1 saturated carbocycles. The molecular weight excluding hydrogens is 224 g/mol. The zero-order valence-corrected chi connectivity index (χ0v) is 11.7. The minimum atomic E-state index is 0.690. The Balaban J connectivity index is 2.06. The van der Waals surface area contributed by atoms with E-state index in [1.807, 2.05) is 6.20 Å². The lowest BCUT2D eigenvalue weighted by Gasteiger charge is -2.24. The number of anilines is 2. The van der Waals surface area contributed by atoms with Crippen molar-refractivity contribution in [2.75, 3.05) is 23.3 Å². The normalized spacial score (nSPS) is 14.9. The summed E-state index contributed by atoms with van der Waals surface area (Å²) in [4.78, 5) is 11.4. The van der Waals surface area contributed by atoms with Crippen LogP contribution < -0.4 is 10.2 Å². The highest BCUT2D eigenvalue weighted by Crippen LogP contribution is 2.31. The van der Waals surface area contributed by atoms with Gasteiger partial charge in [0.15, 0.2) is 0 Å². The SMILES string of the molecule is CCNc1cncc(N(CCC(C)C)C2CC2)n1. The number of nitrogens with zero attached hydrogens (tertiary/aromatic N) is 3. The summed E-state index contributed by atoms with van der Waals surface area (Å²) in [7, 11) is 0. The second-order valence-corrected chi connectivity index (χ2v) is 5.40. The van der Waals surface area contributed by atoms with Gasteiger partial charge in [0.05, 0.1) is 12.4 Å². The van der Waals surface area contributed by atoms with E-state index in [1.54, 1.807) is 6.20 Å². The van der Waals surface area contributed by atoms with E-state index in [4.69, 9.17) is 0 Å². The van der Waals surface area contributed by atoms with Gasteiger partial charge < -0.3 is 10.2 Å². The zero-order valence-electron chi connectivity index (χ0n) is 11.7. The van der Waals surface area contributed by atoms with Crippen molar-refractivity contribution in [2.24, 2.45) is 5.92 Å². The Morgan fingerprint density at radius 2 is 2.17 bits per heavy atom. The molecule has 0 bridgehead atoms. The molecule has 0 aliphatic heterocycles. The van der Waals surface area contributed by atoms with E-state index in [2.05, 4.69) is 41.0 Å². The number of aromatic nitrogens is 2. The molecule has 4 nitrogen and oxygen atoms in total. The highest BCUT2D eigenvalue weighted by molar-refractivity contribution is 5.45. The predicted octanol–water partition coefficient (Wildman–Crippen LogP) is 2.92. The Kier molecular flexibility index (Phi) is 4.39. The van der Waals surface area contributed by atoms with Crippen LogP contribution in [0.25, 0.3) is 0 Å². The maximum Gasteiger partial charge on any atom is 0.149 e. The van der Waals surface area contributed by atoms with Crippen LogP contribution in [0.15, 0.2) is 12.4 Å². The van der Waals surface area contributed by atoms with Crippen molar-refractivity contribution in [1.82, 2.24) is 9.97 Å². The zero-order chi connectivity index (χ0) is 13.0. The average molecular weight is 248 g/mol. The molecule has 1 aliphatic rings. The van der Waals surface area contributed by atoms with Gasteiger partial charge in [0, 0.05) is 19.1 Å². The number of nitrogens with one attached hydrogen (secondary N) is 1. The predicted molar refractivity (Wildman–Crippen MR) is 76.0 cm³/mol. The van der Waals surface area contributed by atoms with Crippen LogP contribution in [0.1, 0.15) is 40.0 Å². The standard InChI is InChI=1S/C14H24N4/c1-4-16-13-9-15-10-14(17-13)18(12-5-6-12)8-7-11(2)3/h9-12H,4-8H2,1-3H3,(H,16,17). The third kappa shape index (κ3) is 3.59. The molecule has 0 radical (unpaired) electrons. The van der Waals surface area contributed by atoms with Gasteiger partial charge in [-0.05, 0) is 32.1 Å². The largest absolute Gasteiger partial charge is 0.369 e. The molecule has 0 spiro atoms. The van der Waals surface area contributed by atoms with E-state index >= 15 is 0 Å². The topological polar surface area (TPSA) is 41.1 Å². The van der Waals surface area contributed by atoms with Gasteiger partial charge in [0.2, 0.25) is 0 Å². The van der Waals surface area contributed by atoms with Crippen molar-refractivity contribution >= 4 is 11.6 Å². The lowest BCUT2D eigenvalue weighted by Crippen LogP contribution is -2.29. The first kappa shape index (κ1) is 13.1. The Morgan fingerprint density at radius 3 is 2.78 bits per heavy atom. The van der Waals surface area contributed by atoms with Gasteiger partial charge >= 0.3 is 0 Å². The second kappa shape index (κ2) is 6.03. The molecule has 1 aromatic heterocycles. The lowest BCUT2D eigenvalue weighted by molar-refractivity contribution is 0.568. The van der Waals surface area contributed by atoms with Crippen LogP contribution >= 0.6 is 0 Å². The smallest absolute Gasteiger partial charge is 0.149 e. The molecule has 18 heavy (non-hydrogen) atoms. The third-order valence-corrected chi connectivity index (χ3v) is 3.21. The van der Waals surface area contributed by atoms with Gasteiger partial charge in [-0.15, -0.1) is 0 Å². The maximum atomic E-state index is 4.65. The van der Waals surface area contributed by atoms with Gasteiger partial charge in [-0.1, -0.05) is 13.8 Å². The van der Waals surface area contributed by atoms with Crippen LogP contribution in [0.4, 0.5) is 11.6 Å². The second-order valence-electron chi connectivity index (χ2n) is 5.40. The van der Waals surface area contributed by atoms with Crippen molar-refractivity contribution in [3.8, 4) is 0 Å². The Hall–Kier alpha value is -1.32. The summed E-state index contributed by atoms with van der Waals surface area (Å²) in [6.45, 7) is 8.59. The molecule has 1 aromatic rings. The van der Waals surface area contributed by atoms with E-state index < -0.39 is 0 Å². The molecular formula is C14H24N4. The summed E-state index contributed by atoms with van der Waals surface area (Å²) in [5, 5.41) is 3.23. The molecule has 1 heterocycles. The summed E-state index contributed by atoms with van der Waals surface area (Å²) < 4.78 is 0. The third-order valence-electron chi connectivity index (χ3n) is 3.21. The molecule has 1 N–H and O–H groups in total. The summed E-state index contributed by atoms with van der Waals surface area (Å²) >= 11 is 0. The molecule has 4 heteroatoms. The summed E-state index contributed by atoms with van der Waals surface area (Å²) in [6.07, 6.45) is 7.49. The molecule has 1 fully saturated rings. The van der Waals surface area contributed by atoms with Gasteiger partial charge in [-0.25, -0.2) is 4.98 Å². The molecule has 0 atom stereocenters. The van der Waals surface area contributed by atoms with Crippen LogP contribution in [0, 0.1) is 5.92 Å². The molecule has 2 rings (SSSR count). The summed E-state index contributed by atoms with van der Waals surface area (Å²) in [5.41, 5.74) is 0. The van der Waals surface area contributed by atoms with Gasteiger partial charge in [0.1, 0.15) is 11.6 Å². The Labute approximate surface area is 110 Å². The number of rotatable bonds is 7. The van der Waals surface area contributed by atoms with Gasteiger partial charge in [0.25, 0.3) is 0 Å². The van der Waals surface area contributed by atoms with E-state index in [9.17, 15) is 0 Å². The van der Waals surface area contributed by atoms with Crippen LogP contribution in [-0.4, -0.2) is 29.1 Å². The molecule has 0 amide bonds. The van der Waals surface area contributed by atoms with Crippen LogP contribution in [0.5, 0.6) is 0 Å². The van der Waals surface area contributed by atoms with Crippen molar-refractivity contribution in [3.63, 3.8) is 0 Å². The lowest BCUT2D eigenvalue weighted by atomic mass is 10.1. The summed E-state index contributed by atoms with van der Waals surface area (Å²) in [5.74, 6) is 2.64. The first-order valence-electron chi connectivity index (χ1n) is 7.03. The monoisotopic (exact) mass is 248 g/mol. The van der Waals surface area contributed by atoms with Crippen molar-refractivity contribution in [1.29, 1.82) is 0 Å². The van der Waals surface area contributed by atoms with E-state index in [0.29, 0.717) is 6.04 Å². The number of hydrogen-bond acceptors (Lipinski definition) is 4. The summed E-state index contributed by atoms with van der Waals surface area (Å²) in [6, 6.07) is 0.690. The van der Waals surface area contributed by atoms with Gasteiger partial charge in [-0.2, -0.15) is 0 Å². The average Bonchev–Trinajstić information content (AvgIpc) is 3.14. The fourth-order valence-electron chi connectivity index (χ4n) is 2.03. The van der Waals surface area contributed by atoms with Crippen molar-refractivity contribution in [3.05, 3.63) is 12.4 Å².